The van der Waals surface area contributed by atoms with Gasteiger partial charge in [0.05, 0.1) is 11.1 Å². The van der Waals surface area contributed by atoms with Crippen molar-refractivity contribution < 1.29 is 5.11 Å². The summed E-state index contributed by atoms with van der Waals surface area (Å²) in [7, 11) is 0. The van der Waals surface area contributed by atoms with Gasteiger partial charge in [0.15, 0.2) is 0 Å². The summed E-state index contributed by atoms with van der Waals surface area (Å²) in [5.74, 6) is 0.458. The summed E-state index contributed by atoms with van der Waals surface area (Å²) in [4.78, 5) is 4.25. The minimum absolute atomic E-state index is 0.0855. The van der Waals surface area contributed by atoms with Crippen LogP contribution in [0.3, 0.4) is 0 Å². The lowest BCUT2D eigenvalue weighted by molar-refractivity contribution is 0.0700. The van der Waals surface area contributed by atoms with Gasteiger partial charge >= 0.3 is 0 Å². The molecule has 1 aliphatic carbocycles. The predicted octanol–water partition coefficient (Wildman–Crippen LogP) is 2.24. The first kappa shape index (κ1) is 9.16. The summed E-state index contributed by atoms with van der Waals surface area (Å²) < 4.78 is 0. The van der Waals surface area contributed by atoms with Crippen LogP contribution in [0.2, 0.25) is 0 Å². The van der Waals surface area contributed by atoms with Gasteiger partial charge in [0, 0.05) is 18.0 Å². The zero-order chi connectivity index (χ0) is 9.10. The Balaban J connectivity index is 1.93. The fourth-order valence-corrected chi connectivity index (χ4v) is 2.72. The fourth-order valence-electron chi connectivity index (χ4n) is 2.00. The lowest BCUT2D eigenvalue weighted by Gasteiger charge is -2.26. The van der Waals surface area contributed by atoms with Crippen LogP contribution in [0.15, 0.2) is 11.6 Å². The van der Waals surface area contributed by atoms with Crippen LogP contribution in [0.4, 0.5) is 0 Å². The number of aliphatic hydroxyl groups excluding tert-OH is 1. The first-order valence-corrected chi connectivity index (χ1v) is 5.80. The van der Waals surface area contributed by atoms with E-state index in [0.29, 0.717) is 5.92 Å². The molecule has 1 heterocycles. The molecule has 13 heavy (non-hydrogen) atoms. The maximum atomic E-state index is 9.74. The molecule has 2 rings (SSSR count). The fraction of sp³-hybridized carbons (Fsp3) is 0.700. The number of rotatable bonds is 2. The summed E-state index contributed by atoms with van der Waals surface area (Å²) in [6.07, 6.45) is 7.34. The van der Waals surface area contributed by atoms with Crippen molar-refractivity contribution in [2.45, 2.75) is 38.2 Å². The monoisotopic (exact) mass is 197 g/mol. The highest BCUT2D eigenvalue weighted by Gasteiger charge is 2.23. The molecule has 1 fully saturated rings. The molecule has 1 saturated carbocycles. The van der Waals surface area contributed by atoms with Crippen molar-refractivity contribution >= 4 is 11.3 Å². The van der Waals surface area contributed by atoms with E-state index in [1.807, 2.05) is 11.6 Å². The molecule has 0 saturated heterocycles. The quantitative estimate of drug-likeness (QED) is 0.788. The van der Waals surface area contributed by atoms with Crippen LogP contribution in [0.1, 0.15) is 30.7 Å². The highest BCUT2D eigenvalue weighted by atomic mass is 32.1. The van der Waals surface area contributed by atoms with Gasteiger partial charge in [-0.3, -0.25) is 0 Å². The maximum absolute atomic E-state index is 9.74. The minimum Gasteiger partial charge on any atom is -0.393 e. The highest BCUT2D eigenvalue weighted by Crippen LogP contribution is 2.27. The summed E-state index contributed by atoms with van der Waals surface area (Å²) in [5.41, 5.74) is 0. The highest BCUT2D eigenvalue weighted by molar-refractivity contribution is 7.09. The number of hydrogen-bond donors (Lipinski definition) is 1. The molecule has 72 valence electrons. The van der Waals surface area contributed by atoms with Gasteiger partial charge in [-0.1, -0.05) is 12.8 Å². The second kappa shape index (κ2) is 4.20. The summed E-state index contributed by atoms with van der Waals surface area (Å²) in [6, 6.07) is 0. The Bertz CT molecular complexity index is 247. The Morgan fingerprint density at radius 3 is 3.00 bits per heavy atom. The van der Waals surface area contributed by atoms with E-state index in [4.69, 9.17) is 0 Å². The second-order valence-corrected chi connectivity index (χ2v) is 4.72. The van der Waals surface area contributed by atoms with Crippen LogP contribution in [0.5, 0.6) is 0 Å². The number of aliphatic hydroxyl groups is 1. The first-order valence-electron chi connectivity index (χ1n) is 4.92. The van der Waals surface area contributed by atoms with E-state index in [1.54, 1.807) is 11.3 Å². The van der Waals surface area contributed by atoms with Crippen molar-refractivity contribution in [2.24, 2.45) is 5.92 Å². The molecule has 3 heteroatoms. The lowest BCUT2D eigenvalue weighted by Crippen LogP contribution is -2.26. The standard InChI is InChI=1S/C10H15NOS/c12-9-4-2-1-3-8(9)7-10-11-5-6-13-10/h5-6,8-9,12H,1-4,7H2. The SMILES string of the molecule is OC1CCCCC1Cc1nccs1. The number of hydrogen-bond acceptors (Lipinski definition) is 3. The molecule has 0 aromatic carbocycles. The molecule has 2 nitrogen and oxygen atoms in total. The van der Waals surface area contributed by atoms with E-state index in [9.17, 15) is 5.11 Å². The molecule has 1 aliphatic rings. The zero-order valence-corrected chi connectivity index (χ0v) is 8.46. The molecule has 0 aliphatic heterocycles. The zero-order valence-electron chi connectivity index (χ0n) is 7.65. The van der Waals surface area contributed by atoms with Gasteiger partial charge in [-0.25, -0.2) is 4.98 Å². The molecule has 1 aromatic rings. The van der Waals surface area contributed by atoms with Gasteiger partial charge in [0.2, 0.25) is 0 Å². The summed E-state index contributed by atoms with van der Waals surface area (Å²) in [5, 5.41) is 12.9. The smallest absolute Gasteiger partial charge is 0.0928 e. The molecule has 2 unspecified atom stereocenters. The Morgan fingerprint density at radius 1 is 1.46 bits per heavy atom. The second-order valence-electron chi connectivity index (χ2n) is 3.74. The third kappa shape index (κ3) is 2.29. The van der Waals surface area contributed by atoms with Gasteiger partial charge in [-0.15, -0.1) is 11.3 Å². The van der Waals surface area contributed by atoms with Crippen LogP contribution in [0.25, 0.3) is 0 Å². The van der Waals surface area contributed by atoms with E-state index in [0.717, 1.165) is 12.8 Å². The minimum atomic E-state index is -0.0855. The van der Waals surface area contributed by atoms with Crippen LogP contribution < -0.4 is 0 Å². The van der Waals surface area contributed by atoms with Gasteiger partial charge in [-0.05, 0) is 18.8 Å². The van der Waals surface area contributed by atoms with Crippen molar-refractivity contribution in [1.29, 1.82) is 0 Å². The number of aromatic nitrogens is 1. The van der Waals surface area contributed by atoms with Crippen LogP contribution in [-0.2, 0) is 6.42 Å². The normalized spacial score (nSPS) is 29.0. The van der Waals surface area contributed by atoms with Crippen LogP contribution in [-0.4, -0.2) is 16.2 Å². The van der Waals surface area contributed by atoms with Crippen molar-refractivity contribution in [2.75, 3.05) is 0 Å². The van der Waals surface area contributed by atoms with Crippen LogP contribution in [0, 0.1) is 5.92 Å². The van der Waals surface area contributed by atoms with E-state index < -0.39 is 0 Å². The van der Waals surface area contributed by atoms with E-state index >= 15 is 0 Å². The summed E-state index contributed by atoms with van der Waals surface area (Å²) in [6.45, 7) is 0. The van der Waals surface area contributed by atoms with E-state index in [2.05, 4.69) is 4.98 Å². The maximum Gasteiger partial charge on any atom is 0.0928 e. The number of nitrogens with zero attached hydrogens (tertiary/aromatic N) is 1. The van der Waals surface area contributed by atoms with Gasteiger partial charge in [-0.2, -0.15) is 0 Å². The topological polar surface area (TPSA) is 33.1 Å². The summed E-state index contributed by atoms with van der Waals surface area (Å²) >= 11 is 1.70. The lowest BCUT2D eigenvalue weighted by atomic mass is 9.84. The largest absolute Gasteiger partial charge is 0.393 e. The van der Waals surface area contributed by atoms with Crippen molar-refractivity contribution in [3.8, 4) is 0 Å². The van der Waals surface area contributed by atoms with Crippen molar-refractivity contribution in [3.05, 3.63) is 16.6 Å². The predicted molar refractivity (Wildman–Crippen MR) is 53.8 cm³/mol. The van der Waals surface area contributed by atoms with Gasteiger partial charge < -0.3 is 5.11 Å². The van der Waals surface area contributed by atoms with E-state index in [-0.39, 0.29) is 6.10 Å². The molecule has 0 amide bonds. The van der Waals surface area contributed by atoms with Crippen LogP contribution >= 0.6 is 11.3 Å². The number of thiazole rings is 1. The van der Waals surface area contributed by atoms with Gasteiger partial charge in [0.25, 0.3) is 0 Å². The first-order chi connectivity index (χ1) is 6.36. The molecule has 0 radical (unpaired) electrons. The van der Waals surface area contributed by atoms with Gasteiger partial charge in [0.1, 0.15) is 0 Å². The molecular weight excluding hydrogens is 182 g/mol. The Kier molecular flexibility index (Phi) is 2.96. The van der Waals surface area contributed by atoms with Crippen molar-refractivity contribution in [1.82, 2.24) is 4.98 Å². The molecule has 0 spiro atoms. The molecule has 2 atom stereocenters. The third-order valence-corrected chi connectivity index (χ3v) is 3.59. The third-order valence-electron chi connectivity index (χ3n) is 2.79. The Labute approximate surface area is 82.6 Å². The van der Waals surface area contributed by atoms with Crippen molar-refractivity contribution in [3.63, 3.8) is 0 Å². The molecule has 0 bridgehead atoms. The average Bonchev–Trinajstić information content (AvgIpc) is 2.61. The molecule has 1 aromatic heterocycles. The Morgan fingerprint density at radius 2 is 2.31 bits per heavy atom. The molecule has 1 N–H and O–H groups in total. The average molecular weight is 197 g/mol. The Hall–Kier alpha value is -0.410. The van der Waals surface area contributed by atoms with E-state index in [1.165, 1.54) is 24.3 Å². The molecular formula is C10H15NOS.